The zero-order chi connectivity index (χ0) is 7.68. The normalized spacial score (nSPS) is 16.4. The third-order valence-corrected chi connectivity index (χ3v) is 2.03. The van der Waals surface area contributed by atoms with E-state index in [2.05, 4.69) is 15.5 Å². The molecule has 0 unspecified atom stereocenters. The van der Waals surface area contributed by atoms with E-state index in [0.29, 0.717) is 6.04 Å². The van der Waals surface area contributed by atoms with Crippen molar-refractivity contribution >= 4 is 17.2 Å². The van der Waals surface area contributed by atoms with Crippen LogP contribution in [0.4, 0.5) is 0 Å². The Kier molecular flexibility index (Phi) is 1.62. The highest BCUT2D eigenvalue weighted by Gasteiger charge is 2.22. The lowest BCUT2D eigenvalue weighted by atomic mass is 10.3. The summed E-state index contributed by atoms with van der Waals surface area (Å²) < 4.78 is 0. The second-order valence-corrected chi connectivity index (χ2v) is 3.14. The quantitative estimate of drug-likeness (QED) is 0.641. The van der Waals surface area contributed by atoms with Crippen molar-refractivity contribution < 1.29 is 0 Å². The molecule has 0 saturated heterocycles. The molecule has 3 nitrogen and oxygen atoms in total. The molecule has 0 aliphatic heterocycles. The van der Waals surface area contributed by atoms with Crippen LogP contribution >= 0.6 is 12.2 Å². The molecule has 2 N–H and O–H groups in total. The van der Waals surface area contributed by atoms with Crippen LogP contribution in [0.5, 0.6) is 0 Å². The van der Waals surface area contributed by atoms with Crippen molar-refractivity contribution in [2.75, 3.05) is 0 Å². The van der Waals surface area contributed by atoms with Gasteiger partial charge in [0, 0.05) is 17.8 Å². The molecule has 58 valence electrons. The SMILES string of the molecule is S=C(NC1CC1)c1cn[nH]c1. The summed E-state index contributed by atoms with van der Waals surface area (Å²) >= 11 is 5.12. The number of aromatic amines is 1. The lowest BCUT2D eigenvalue weighted by molar-refractivity contribution is 0.922. The largest absolute Gasteiger partial charge is 0.373 e. The molecule has 1 saturated carbocycles. The fraction of sp³-hybridized carbons (Fsp3) is 0.429. The van der Waals surface area contributed by atoms with Crippen molar-refractivity contribution in [2.24, 2.45) is 0 Å². The smallest absolute Gasteiger partial charge is 0.109 e. The predicted molar refractivity (Wildman–Crippen MR) is 46.4 cm³/mol. The van der Waals surface area contributed by atoms with Crippen LogP contribution < -0.4 is 5.32 Å². The second kappa shape index (κ2) is 2.62. The van der Waals surface area contributed by atoms with Gasteiger partial charge < -0.3 is 5.32 Å². The molecule has 0 atom stereocenters. The van der Waals surface area contributed by atoms with Crippen LogP contribution in [0.25, 0.3) is 0 Å². The van der Waals surface area contributed by atoms with E-state index < -0.39 is 0 Å². The van der Waals surface area contributed by atoms with Crippen LogP contribution in [0.2, 0.25) is 0 Å². The number of hydrogen-bond acceptors (Lipinski definition) is 2. The van der Waals surface area contributed by atoms with Gasteiger partial charge in [0.1, 0.15) is 4.99 Å². The number of rotatable bonds is 2. The summed E-state index contributed by atoms with van der Waals surface area (Å²) in [6.07, 6.45) is 6.03. The van der Waals surface area contributed by atoms with Crippen LogP contribution in [0.3, 0.4) is 0 Å². The van der Waals surface area contributed by atoms with Crippen LogP contribution in [0.15, 0.2) is 12.4 Å². The minimum Gasteiger partial charge on any atom is -0.373 e. The van der Waals surface area contributed by atoms with Crippen molar-refractivity contribution in [3.8, 4) is 0 Å². The maximum atomic E-state index is 5.12. The van der Waals surface area contributed by atoms with Crippen LogP contribution in [0.1, 0.15) is 18.4 Å². The monoisotopic (exact) mass is 167 g/mol. The first-order valence-electron chi connectivity index (χ1n) is 3.66. The van der Waals surface area contributed by atoms with Gasteiger partial charge in [-0.1, -0.05) is 12.2 Å². The zero-order valence-corrected chi connectivity index (χ0v) is 6.82. The van der Waals surface area contributed by atoms with Crippen molar-refractivity contribution in [1.29, 1.82) is 0 Å². The van der Waals surface area contributed by atoms with Crippen molar-refractivity contribution in [2.45, 2.75) is 18.9 Å². The Bertz CT molecular complexity index is 251. The van der Waals surface area contributed by atoms with Crippen LogP contribution in [0, 0.1) is 0 Å². The molecule has 4 heteroatoms. The molecule has 1 aromatic rings. The van der Waals surface area contributed by atoms with E-state index in [9.17, 15) is 0 Å². The minimum atomic E-state index is 0.623. The lowest BCUT2D eigenvalue weighted by Gasteiger charge is -2.01. The molecule has 1 heterocycles. The molecular formula is C7H9N3S. The first-order chi connectivity index (χ1) is 5.36. The fourth-order valence-electron chi connectivity index (χ4n) is 0.871. The molecule has 0 radical (unpaired) electrons. The van der Waals surface area contributed by atoms with Gasteiger partial charge in [0.05, 0.1) is 6.20 Å². The lowest BCUT2D eigenvalue weighted by Crippen LogP contribution is -2.23. The van der Waals surface area contributed by atoms with Crippen LogP contribution in [-0.4, -0.2) is 21.2 Å². The Morgan fingerprint density at radius 3 is 3.09 bits per heavy atom. The molecule has 0 bridgehead atoms. The summed E-state index contributed by atoms with van der Waals surface area (Å²) in [6, 6.07) is 0.623. The standard InChI is InChI=1S/C7H9N3S/c11-7(10-6-1-2-6)5-3-8-9-4-5/h3-4,6H,1-2H2,(H,8,9)(H,10,11). The van der Waals surface area contributed by atoms with Crippen molar-refractivity contribution in [3.05, 3.63) is 18.0 Å². The number of H-pyrrole nitrogens is 1. The number of hydrogen-bond donors (Lipinski definition) is 2. The van der Waals surface area contributed by atoms with Gasteiger partial charge in [-0.25, -0.2) is 0 Å². The third-order valence-electron chi connectivity index (χ3n) is 1.67. The molecule has 0 amide bonds. The number of thiocarbonyl (C=S) groups is 1. The van der Waals surface area contributed by atoms with Gasteiger partial charge in [-0.15, -0.1) is 0 Å². The number of nitrogens with one attached hydrogen (secondary N) is 2. The van der Waals surface area contributed by atoms with E-state index in [4.69, 9.17) is 12.2 Å². The summed E-state index contributed by atoms with van der Waals surface area (Å²) in [5.41, 5.74) is 0.979. The van der Waals surface area contributed by atoms with E-state index in [1.807, 2.05) is 0 Å². The van der Waals surface area contributed by atoms with Gasteiger partial charge in [-0.2, -0.15) is 5.10 Å². The topological polar surface area (TPSA) is 40.7 Å². The summed E-state index contributed by atoms with van der Waals surface area (Å²) in [4.78, 5) is 0.807. The predicted octanol–water partition coefficient (Wildman–Crippen LogP) is 0.837. The summed E-state index contributed by atoms with van der Waals surface area (Å²) in [7, 11) is 0. The van der Waals surface area contributed by atoms with Gasteiger partial charge in [0.25, 0.3) is 0 Å². The highest BCUT2D eigenvalue weighted by Crippen LogP contribution is 2.19. The summed E-state index contributed by atoms with van der Waals surface area (Å²) in [5.74, 6) is 0. The zero-order valence-electron chi connectivity index (χ0n) is 6.00. The molecule has 11 heavy (non-hydrogen) atoms. The summed E-state index contributed by atoms with van der Waals surface area (Å²) in [5, 5.41) is 9.77. The van der Waals surface area contributed by atoms with E-state index in [1.54, 1.807) is 12.4 Å². The van der Waals surface area contributed by atoms with Gasteiger partial charge in [0.2, 0.25) is 0 Å². The molecule has 0 spiro atoms. The molecular weight excluding hydrogens is 158 g/mol. The molecule has 1 aliphatic rings. The van der Waals surface area contributed by atoms with E-state index in [-0.39, 0.29) is 0 Å². The molecule has 2 rings (SSSR count). The Hall–Kier alpha value is -0.900. The second-order valence-electron chi connectivity index (χ2n) is 2.73. The number of aromatic nitrogens is 2. The average molecular weight is 167 g/mol. The Morgan fingerprint density at radius 2 is 2.55 bits per heavy atom. The first-order valence-corrected chi connectivity index (χ1v) is 4.07. The Balaban J connectivity index is 1.99. The minimum absolute atomic E-state index is 0.623. The average Bonchev–Trinajstić information content (AvgIpc) is 2.67. The highest BCUT2D eigenvalue weighted by atomic mass is 32.1. The maximum absolute atomic E-state index is 5.12. The van der Waals surface area contributed by atoms with Crippen LogP contribution in [-0.2, 0) is 0 Å². The van der Waals surface area contributed by atoms with Crippen molar-refractivity contribution in [1.82, 2.24) is 15.5 Å². The molecule has 1 aromatic heterocycles. The van der Waals surface area contributed by atoms with E-state index in [0.717, 1.165) is 10.6 Å². The molecule has 1 aliphatic carbocycles. The summed E-state index contributed by atoms with van der Waals surface area (Å²) in [6.45, 7) is 0. The fourth-order valence-corrected chi connectivity index (χ4v) is 1.15. The number of nitrogens with zero attached hydrogens (tertiary/aromatic N) is 1. The van der Waals surface area contributed by atoms with E-state index >= 15 is 0 Å². The Morgan fingerprint density at radius 1 is 1.73 bits per heavy atom. The van der Waals surface area contributed by atoms with Gasteiger partial charge in [0.15, 0.2) is 0 Å². The van der Waals surface area contributed by atoms with E-state index in [1.165, 1.54) is 12.8 Å². The van der Waals surface area contributed by atoms with Gasteiger partial charge in [-0.3, -0.25) is 5.10 Å². The highest BCUT2D eigenvalue weighted by molar-refractivity contribution is 7.80. The Labute approximate surface area is 70.2 Å². The molecule has 1 fully saturated rings. The maximum Gasteiger partial charge on any atom is 0.109 e. The third kappa shape index (κ3) is 1.57. The van der Waals surface area contributed by atoms with Gasteiger partial charge >= 0.3 is 0 Å². The van der Waals surface area contributed by atoms with Gasteiger partial charge in [-0.05, 0) is 12.8 Å². The first kappa shape index (κ1) is 6.79. The molecule has 0 aromatic carbocycles. The van der Waals surface area contributed by atoms with Crippen molar-refractivity contribution in [3.63, 3.8) is 0 Å².